The molecule has 154 valence electrons. The Hall–Kier alpha value is -2.42. The predicted molar refractivity (Wildman–Crippen MR) is 103 cm³/mol. The number of aliphatic hydroxyl groups excluding tert-OH is 2. The van der Waals surface area contributed by atoms with E-state index >= 15 is 0 Å². The fourth-order valence-electron chi connectivity index (χ4n) is 3.69. The number of hydrogen-bond donors (Lipinski definition) is 4. The summed E-state index contributed by atoms with van der Waals surface area (Å²) in [5, 5.41) is 43.0. The van der Waals surface area contributed by atoms with Gasteiger partial charge in [-0.1, -0.05) is 48.5 Å². The van der Waals surface area contributed by atoms with Crippen molar-refractivity contribution in [2.45, 2.75) is 50.5 Å². The van der Waals surface area contributed by atoms with Crippen LogP contribution in [0.2, 0.25) is 0 Å². The van der Waals surface area contributed by atoms with Gasteiger partial charge in [0.15, 0.2) is 23.3 Å². The number of ketones is 2. The van der Waals surface area contributed by atoms with Gasteiger partial charge in [0.2, 0.25) is 5.78 Å². The Kier molecular flexibility index (Phi) is 5.46. The van der Waals surface area contributed by atoms with Gasteiger partial charge in [-0.25, -0.2) is 0 Å². The molecule has 1 heterocycles. The van der Waals surface area contributed by atoms with Crippen molar-refractivity contribution < 1.29 is 34.8 Å². The van der Waals surface area contributed by atoms with E-state index in [2.05, 4.69) is 0 Å². The Morgan fingerprint density at radius 1 is 0.966 bits per heavy atom. The first kappa shape index (κ1) is 21.3. The molecule has 2 aromatic carbocycles. The third kappa shape index (κ3) is 3.21. The highest BCUT2D eigenvalue weighted by atomic mass is 16.7. The van der Waals surface area contributed by atoms with Crippen LogP contribution < -0.4 is 0 Å². The lowest BCUT2D eigenvalue weighted by Gasteiger charge is -2.37. The van der Waals surface area contributed by atoms with Gasteiger partial charge in [0, 0.05) is 11.1 Å². The minimum Gasteiger partial charge on any atom is -0.382 e. The molecule has 7 heteroatoms. The first-order valence-corrected chi connectivity index (χ1v) is 9.20. The highest BCUT2D eigenvalue weighted by Crippen LogP contribution is 2.43. The third-order valence-corrected chi connectivity index (χ3v) is 5.64. The third-order valence-electron chi connectivity index (χ3n) is 5.64. The molecule has 0 bridgehead atoms. The van der Waals surface area contributed by atoms with Crippen LogP contribution in [-0.2, 0) is 4.74 Å². The molecule has 1 unspecified atom stereocenters. The van der Waals surface area contributed by atoms with E-state index in [0.717, 1.165) is 6.92 Å². The quantitative estimate of drug-likeness (QED) is 0.551. The molecule has 29 heavy (non-hydrogen) atoms. The van der Waals surface area contributed by atoms with E-state index in [1.165, 1.54) is 12.1 Å². The largest absolute Gasteiger partial charge is 0.382 e. The van der Waals surface area contributed by atoms with Crippen molar-refractivity contribution in [1.82, 2.24) is 0 Å². The summed E-state index contributed by atoms with van der Waals surface area (Å²) in [6, 6.07) is 12.9. The molecule has 0 aliphatic carbocycles. The molecule has 0 radical (unpaired) electrons. The van der Waals surface area contributed by atoms with Crippen LogP contribution >= 0.6 is 0 Å². The SMILES string of the molecule is Cc1ccccc1C(=O)C(O)[C@H]1O[C@@H](O)[C@](C)(O)[C@@]1(O)C(=O)c1ccccc1C. The van der Waals surface area contributed by atoms with Crippen molar-refractivity contribution in [3.63, 3.8) is 0 Å². The highest BCUT2D eigenvalue weighted by Gasteiger charge is 2.69. The second-order valence-corrected chi connectivity index (χ2v) is 7.59. The number of carbonyl (C=O) groups is 2. The maximum atomic E-state index is 13.3. The van der Waals surface area contributed by atoms with E-state index in [-0.39, 0.29) is 11.1 Å². The highest BCUT2D eigenvalue weighted by molar-refractivity contribution is 6.07. The minimum absolute atomic E-state index is 0.0773. The number of benzene rings is 2. The van der Waals surface area contributed by atoms with Crippen molar-refractivity contribution in [3.8, 4) is 0 Å². The summed E-state index contributed by atoms with van der Waals surface area (Å²) in [4.78, 5) is 26.1. The number of carbonyl (C=O) groups excluding carboxylic acids is 2. The van der Waals surface area contributed by atoms with Crippen molar-refractivity contribution in [1.29, 1.82) is 0 Å². The molecule has 5 atom stereocenters. The second kappa shape index (κ2) is 7.44. The van der Waals surface area contributed by atoms with Gasteiger partial charge in [-0.3, -0.25) is 9.59 Å². The maximum absolute atomic E-state index is 13.3. The summed E-state index contributed by atoms with van der Waals surface area (Å²) in [6.07, 6.45) is -5.88. The molecule has 1 aliphatic rings. The lowest BCUT2D eigenvalue weighted by atomic mass is 9.73. The fourth-order valence-corrected chi connectivity index (χ4v) is 3.69. The van der Waals surface area contributed by atoms with E-state index in [1.54, 1.807) is 50.2 Å². The van der Waals surface area contributed by atoms with Gasteiger partial charge >= 0.3 is 0 Å². The molecule has 1 aliphatic heterocycles. The van der Waals surface area contributed by atoms with Gasteiger partial charge in [0.1, 0.15) is 12.2 Å². The van der Waals surface area contributed by atoms with Crippen LogP contribution in [0.4, 0.5) is 0 Å². The van der Waals surface area contributed by atoms with Crippen LogP contribution in [0.3, 0.4) is 0 Å². The predicted octanol–water partition coefficient (Wildman–Crippen LogP) is 0.929. The zero-order valence-electron chi connectivity index (χ0n) is 16.4. The van der Waals surface area contributed by atoms with Crippen LogP contribution in [-0.4, -0.2) is 61.7 Å². The Morgan fingerprint density at radius 2 is 1.45 bits per heavy atom. The van der Waals surface area contributed by atoms with Crippen LogP contribution in [0.5, 0.6) is 0 Å². The zero-order valence-corrected chi connectivity index (χ0v) is 16.4. The average molecular weight is 400 g/mol. The zero-order chi connectivity index (χ0) is 21.6. The van der Waals surface area contributed by atoms with Crippen molar-refractivity contribution in [3.05, 3.63) is 70.8 Å². The molecule has 0 saturated carbocycles. The van der Waals surface area contributed by atoms with Crippen molar-refractivity contribution >= 4 is 11.6 Å². The first-order valence-electron chi connectivity index (χ1n) is 9.20. The van der Waals surface area contributed by atoms with Gasteiger partial charge in [-0.2, -0.15) is 0 Å². The van der Waals surface area contributed by atoms with Gasteiger partial charge < -0.3 is 25.2 Å². The molecule has 3 rings (SSSR count). The monoisotopic (exact) mass is 400 g/mol. The maximum Gasteiger partial charge on any atom is 0.200 e. The van der Waals surface area contributed by atoms with Crippen LogP contribution in [0.1, 0.15) is 38.8 Å². The van der Waals surface area contributed by atoms with Crippen molar-refractivity contribution in [2.24, 2.45) is 0 Å². The molecule has 1 saturated heterocycles. The Labute approximate surface area is 168 Å². The topological polar surface area (TPSA) is 124 Å². The molecule has 7 nitrogen and oxygen atoms in total. The molecular weight excluding hydrogens is 376 g/mol. The number of aryl methyl sites for hydroxylation is 2. The molecule has 0 amide bonds. The van der Waals surface area contributed by atoms with Gasteiger partial charge in [0.05, 0.1) is 0 Å². The van der Waals surface area contributed by atoms with E-state index in [0.29, 0.717) is 11.1 Å². The van der Waals surface area contributed by atoms with E-state index in [1.807, 2.05) is 0 Å². The summed E-state index contributed by atoms with van der Waals surface area (Å²) >= 11 is 0. The molecule has 1 fully saturated rings. The number of ether oxygens (including phenoxy) is 1. The summed E-state index contributed by atoms with van der Waals surface area (Å²) in [6.45, 7) is 4.34. The van der Waals surface area contributed by atoms with Crippen LogP contribution in [0.15, 0.2) is 48.5 Å². The smallest absolute Gasteiger partial charge is 0.200 e. The van der Waals surface area contributed by atoms with Gasteiger partial charge in [0.25, 0.3) is 0 Å². The minimum atomic E-state index is -2.77. The molecule has 0 spiro atoms. The average Bonchev–Trinajstić information content (AvgIpc) is 2.88. The molecule has 0 aromatic heterocycles. The number of Topliss-reactive ketones (excluding diaryl/α,β-unsaturated/α-hetero) is 2. The summed E-state index contributed by atoms with van der Waals surface area (Å²) < 4.78 is 5.18. The first-order chi connectivity index (χ1) is 13.5. The number of aliphatic hydroxyl groups is 4. The van der Waals surface area contributed by atoms with Crippen LogP contribution in [0, 0.1) is 13.8 Å². The fraction of sp³-hybridized carbons (Fsp3) is 0.364. The second-order valence-electron chi connectivity index (χ2n) is 7.59. The Morgan fingerprint density at radius 3 is 1.97 bits per heavy atom. The number of rotatable bonds is 5. The molecule has 2 aromatic rings. The summed E-state index contributed by atoms with van der Waals surface area (Å²) in [5.41, 5.74) is -3.89. The lowest BCUT2D eigenvalue weighted by Crippen LogP contribution is -2.65. The van der Waals surface area contributed by atoms with Gasteiger partial charge in [-0.15, -0.1) is 0 Å². The molecule has 4 N–H and O–H groups in total. The van der Waals surface area contributed by atoms with Gasteiger partial charge in [-0.05, 0) is 31.9 Å². The van der Waals surface area contributed by atoms with E-state index in [9.17, 15) is 30.0 Å². The Bertz CT molecular complexity index is 952. The normalized spacial score (nSPS) is 30.2. The molecular formula is C22H24O7. The lowest BCUT2D eigenvalue weighted by molar-refractivity contribution is -0.176. The van der Waals surface area contributed by atoms with Crippen LogP contribution in [0.25, 0.3) is 0 Å². The van der Waals surface area contributed by atoms with Crippen molar-refractivity contribution in [2.75, 3.05) is 0 Å². The summed E-state index contributed by atoms with van der Waals surface area (Å²) in [7, 11) is 0. The standard InChI is InChI=1S/C22H24O7/c1-12-8-4-6-10-14(12)16(23)17(24)19-22(28,21(3,27)20(26)29-19)18(25)15-11-7-5-9-13(15)2/h4-11,17,19-20,24,26-28H,1-3H3/t17?,19-,20-,21+,22-/m1/s1. The Balaban J connectivity index is 2.07. The number of hydrogen-bond acceptors (Lipinski definition) is 7. The summed E-state index contributed by atoms with van der Waals surface area (Å²) in [5.74, 6) is -1.76. The van der Waals surface area contributed by atoms with E-state index in [4.69, 9.17) is 4.74 Å². The van der Waals surface area contributed by atoms with E-state index < -0.39 is 41.3 Å².